The second-order valence-electron chi connectivity index (χ2n) is 4.31. The van der Waals surface area contributed by atoms with Crippen LogP contribution < -0.4 is 5.32 Å². The van der Waals surface area contributed by atoms with E-state index in [-0.39, 0.29) is 12.1 Å². The molecule has 3 heteroatoms. The molecule has 0 aliphatic heterocycles. The highest BCUT2D eigenvalue weighted by atomic mass is 16.3. The molecule has 0 spiro atoms. The minimum absolute atomic E-state index is 0.181. The van der Waals surface area contributed by atoms with Crippen molar-refractivity contribution >= 4 is 0 Å². The molecule has 2 aromatic heterocycles. The lowest BCUT2D eigenvalue weighted by atomic mass is 10.1. The third-order valence-corrected chi connectivity index (χ3v) is 2.82. The average molecular weight is 230 g/mol. The summed E-state index contributed by atoms with van der Waals surface area (Å²) in [5.74, 6) is 1.91. The Morgan fingerprint density at radius 2 is 1.94 bits per heavy atom. The van der Waals surface area contributed by atoms with Crippen LogP contribution in [0.4, 0.5) is 0 Å². The van der Waals surface area contributed by atoms with Crippen molar-refractivity contribution in [3.05, 3.63) is 53.7 Å². The zero-order valence-corrected chi connectivity index (χ0v) is 10.5. The van der Waals surface area contributed by atoms with Crippen molar-refractivity contribution in [2.45, 2.75) is 32.9 Å². The summed E-state index contributed by atoms with van der Waals surface area (Å²) >= 11 is 0. The van der Waals surface area contributed by atoms with Crippen molar-refractivity contribution in [2.75, 3.05) is 0 Å². The van der Waals surface area contributed by atoms with E-state index in [9.17, 15) is 0 Å². The molecule has 90 valence electrons. The fraction of sp³-hybridized carbons (Fsp3) is 0.357. The van der Waals surface area contributed by atoms with Gasteiger partial charge in [0.2, 0.25) is 0 Å². The Morgan fingerprint density at radius 3 is 2.53 bits per heavy atom. The third kappa shape index (κ3) is 2.94. The van der Waals surface area contributed by atoms with Crippen LogP contribution in [0.2, 0.25) is 0 Å². The van der Waals surface area contributed by atoms with Gasteiger partial charge in [-0.2, -0.15) is 0 Å². The van der Waals surface area contributed by atoms with Crippen LogP contribution in [0.25, 0.3) is 0 Å². The molecule has 0 fully saturated rings. The molecule has 0 aliphatic carbocycles. The minimum Gasteiger partial charge on any atom is -0.465 e. The van der Waals surface area contributed by atoms with E-state index in [4.69, 9.17) is 4.42 Å². The van der Waals surface area contributed by atoms with Crippen molar-refractivity contribution in [1.82, 2.24) is 10.3 Å². The summed E-state index contributed by atoms with van der Waals surface area (Å²) in [6, 6.07) is 10.3. The van der Waals surface area contributed by atoms with Gasteiger partial charge in [0.05, 0.1) is 11.7 Å². The lowest BCUT2D eigenvalue weighted by Crippen LogP contribution is -2.22. The summed E-state index contributed by atoms with van der Waals surface area (Å²) in [5.41, 5.74) is 1.04. The quantitative estimate of drug-likeness (QED) is 0.874. The molecule has 3 nitrogen and oxygen atoms in total. The molecule has 0 amide bonds. The first-order chi connectivity index (χ1) is 8.16. The number of nitrogens with one attached hydrogen (secondary N) is 1. The summed E-state index contributed by atoms with van der Waals surface area (Å²) in [4.78, 5) is 4.34. The van der Waals surface area contributed by atoms with Gasteiger partial charge in [0.25, 0.3) is 0 Å². The average Bonchev–Trinajstić information content (AvgIpc) is 2.77. The molecule has 0 aliphatic rings. The van der Waals surface area contributed by atoms with Crippen LogP contribution in [0.15, 0.2) is 40.9 Å². The van der Waals surface area contributed by atoms with Crippen LogP contribution in [0.3, 0.4) is 0 Å². The first-order valence-electron chi connectivity index (χ1n) is 5.90. The molecule has 2 atom stereocenters. The molecule has 1 N–H and O–H groups in total. The molecule has 0 bridgehead atoms. The lowest BCUT2D eigenvalue weighted by molar-refractivity contribution is 0.390. The van der Waals surface area contributed by atoms with Crippen LogP contribution in [0.5, 0.6) is 0 Å². The highest BCUT2D eigenvalue weighted by Gasteiger charge is 2.14. The van der Waals surface area contributed by atoms with Crippen molar-refractivity contribution in [3.8, 4) is 0 Å². The number of hydrogen-bond acceptors (Lipinski definition) is 3. The van der Waals surface area contributed by atoms with Gasteiger partial charge in [-0.3, -0.25) is 10.3 Å². The SMILES string of the molecule is Cc1ccc(C(C)N[C@@H](C)c2ccccn2)o1. The smallest absolute Gasteiger partial charge is 0.120 e. The van der Waals surface area contributed by atoms with Gasteiger partial charge in [0.15, 0.2) is 0 Å². The highest BCUT2D eigenvalue weighted by molar-refractivity contribution is 5.12. The second-order valence-corrected chi connectivity index (χ2v) is 4.31. The number of aryl methyl sites for hydroxylation is 1. The van der Waals surface area contributed by atoms with E-state index >= 15 is 0 Å². The Morgan fingerprint density at radius 1 is 1.12 bits per heavy atom. The van der Waals surface area contributed by atoms with Gasteiger partial charge in [-0.15, -0.1) is 0 Å². The molecule has 2 heterocycles. The van der Waals surface area contributed by atoms with Crippen LogP contribution in [0, 0.1) is 6.92 Å². The van der Waals surface area contributed by atoms with Crippen molar-refractivity contribution in [3.63, 3.8) is 0 Å². The third-order valence-electron chi connectivity index (χ3n) is 2.82. The Labute approximate surface area is 102 Å². The van der Waals surface area contributed by atoms with Gasteiger partial charge < -0.3 is 4.42 Å². The van der Waals surface area contributed by atoms with Gasteiger partial charge in [0, 0.05) is 12.2 Å². The number of rotatable bonds is 4. The van der Waals surface area contributed by atoms with E-state index in [1.54, 1.807) is 0 Å². The van der Waals surface area contributed by atoms with Gasteiger partial charge in [-0.25, -0.2) is 0 Å². The standard InChI is InChI=1S/C14H18N2O/c1-10-7-8-14(17-10)12(3)16-11(2)13-6-4-5-9-15-13/h4-9,11-12,16H,1-3H3/t11-,12?/m0/s1. The normalized spacial score (nSPS) is 14.5. The fourth-order valence-electron chi connectivity index (χ4n) is 1.86. The van der Waals surface area contributed by atoms with Crippen LogP contribution in [-0.2, 0) is 0 Å². The number of aromatic nitrogens is 1. The van der Waals surface area contributed by atoms with Gasteiger partial charge in [-0.05, 0) is 45.0 Å². The van der Waals surface area contributed by atoms with Gasteiger partial charge >= 0.3 is 0 Å². The molecule has 0 saturated carbocycles. The van der Waals surface area contributed by atoms with E-state index in [1.165, 1.54) is 0 Å². The summed E-state index contributed by atoms with van der Waals surface area (Å²) in [5, 5.41) is 3.47. The molecule has 17 heavy (non-hydrogen) atoms. The summed E-state index contributed by atoms with van der Waals surface area (Å²) < 4.78 is 5.60. The second kappa shape index (κ2) is 5.15. The van der Waals surface area contributed by atoms with Crippen molar-refractivity contribution in [2.24, 2.45) is 0 Å². The fourth-order valence-corrected chi connectivity index (χ4v) is 1.86. The first-order valence-corrected chi connectivity index (χ1v) is 5.90. The number of pyridine rings is 1. The predicted molar refractivity (Wildman–Crippen MR) is 67.6 cm³/mol. The monoisotopic (exact) mass is 230 g/mol. The van der Waals surface area contributed by atoms with E-state index in [0.717, 1.165) is 17.2 Å². The predicted octanol–water partition coefficient (Wildman–Crippen LogP) is 3.39. The Balaban J connectivity index is 2.02. The minimum atomic E-state index is 0.181. The molecular formula is C14H18N2O. The molecule has 2 rings (SSSR count). The molecular weight excluding hydrogens is 212 g/mol. The summed E-state index contributed by atoms with van der Waals surface area (Å²) in [6.45, 7) is 6.16. The van der Waals surface area contributed by atoms with Gasteiger partial charge in [0.1, 0.15) is 11.5 Å². The maximum atomic E-state index is 5.60. The van der Waals surface area contributed by atoms with E-state index in [1.807, 2.05) is 43.5 Å². The van der Waals surface area contributed by atoms with Crippen LogP contribution >= 0.6 is 0 Å². The molecule has 1 unspecified atom stereocenters. The summed E-state index contributed by atoms with van der Waals surface area (Å²) in [7, 11) is 0. The topological polar surface area (TPSA) is 38.1 Å². The largest absolute Gasteiger partial charge is 0.465 e. The zero-order chi connectivity index (χ0) is 12.3. The van der Waals surface area contributed by atoms with E-state index in [2.05, 4.69) is 24.1 Å². The van der Waals surface area contributed by atoms with Gasteiger partial charge in [-0.1, -0.05) is 6.07 Å². The lowest BCUT2D eigenvalue weighted by Gasteiger charge is -2.17. The zero-order valence-electron chi connectivity index (χ0n) is 10.5. The summed E-state index contributed by atoms with van der Waals surface area (Å²) in [6.07, 6.45) is 1.81. The Hall–Kier alpha value is -1.61. The number of nitrogens with zero attached hydrogens (tertiary/aromatic N) is 1. The Bertz CT molecular complexity index is 464. The van der Waals surface area contributed by atoms with Crippen LogP contribution in [0.1, 0.15) is 43.1 Å². The maximum absolute atomic E-state index is 5.60. The number of furan rings is 1. The molecule has 0 radical (unpaired) electrons. The maximum Gasteiger partial charge on any atom is 0.120 e. The van der Waals surface area contributed by atoms with E-state index in [0.29, 0.717) is 0 Å². The van der Waals surface area contributed by atoms with Crippen LogP contribution in [-0.4, -0.2) is 4.98 Å². The molecule has 0 aromatic carbocycles. The molecule has 2 aromatic rings. The van der Waals surface area contributed by atoms with Crippen molar-refractivity contribution < 1.29 is 4.42 Å². The van der Waals surface area contributed by atoms with E-state index < -0.39 is 0 Å². The number of hydrogen-bond donors (Lipinski definition) is 1. The molecule has 0 saturated heterocycles. The highest BCUT2D eigenvalue weighted by Crippen LogP contribution is 2.19. The van der Waals surface area contributed by atoms with Crippen molar-refractivity contribution in [1.29, 1.82) is 0 Å². The first kappa shape index (κ1) is 11.9. The Kier molecular flexibility index (Phi) is 3.59.